The van der Waals surface area contributed by atoms with Gasteiger partial charge in [-0.3, -0.25) is 0 Å². The Bertz CT molecular complexity index is 295. The number of benzene rings is 1. The summed E-state index contributed by atoms with van der Waals surface area (Å²) >= 11 is 5.33. The molecule has 1 aromatic carbocycles. The van der Waals surface area contributed by atoms with Crippen molar-refractivity contribution in [3.63, 3.8) is 0 Å². The first-order chi connectivity index (χ1) is 5.43. The Labute approximate surface area is 73.7 Å². The lowest BCUT2D eigenvalue weighted by Gasteiger charge is -2.09. The van der Waals surface area contributed by atoms with Gasteiger partial charge >= 0.3 is 6.18 Å². The van der Waals surface area contributed by atoms with Gasteiger partial charge in [0.2, 0.25) is 0 Å². The second-order valence-corrected chi connectivity index (χ2v) is 2.58. The zero-order valence-electron chi connectivity index (χ0n) is 5.82. The van der Waals surface area contributed by atoms with Gasteiger partial charge in [0, 0.05) is 5.02 Å². The fourth-order valence-corrected chi connectivity index (χ4v) is 1.00. The Morgan fingerprint density at radius 2 is 1.83 bits per heavy atom. The molecule has 0 aliphatic carbocycles. The van der Waals surface area contributed by atoms with Crippen LogP contribution in [0.3, 0.4) is 0 Å². The molecule has 0 aliphatic rings. The van der Waals surface area contributed by atoms with Crippen molar-refractivity contribution < 1.29 is 13.2 Å². The van der Waals surface area contributed by atoms with Gasteiger partial charge in [0.15, 0.2) is 0 Å². The summed E-state index contributed by atoms with van der Waals surface area (Å²) in [5, 5.41) is -0.440. The first-order valence-corrected chi connectivity index (χ1v) is 3.42. The number of hydrogen-bond donors (Lipinski definition) is 0. The van der Waals surface area contributed by atoms with Crippen molar-refractivity contribution in [2.75, 3.05) is 0 Å². The molecule has 0 atom stereocenters. The molecule has 0 saturated carbocycles. The predicted octanol–water partition coefficient (Wildman–Crippen LogP) is 2.15. The zero-order chi connectivity index (χ0) is 9.35. The average Bonchev–Trinajstić information content (AvgIpc) is 1.92. The molecule has 5 heteroatoms. The second-order valence-electron chi connectivity index (χ2n) is 2.21. The summed E-state index contributed by atoms with van der Waals surface area (Å²) in [6, 6.07) is 3.42. The molecule has 62 valence electrons. The summed E-state index contributed by atoms with van der Waals surface area (Å²) in [5.41, 5.74) is -0.962. The monoisotopic (exact) mass is 190 g/mol. The van der Waals surface area contributed by atoms with Gasteiger partial charge in [-0.15, -0.1) is 0 Å². The Hall–Kier alpha value is -0.635. The lowest BCUT2D eigenvalue weighted by atomic mass is 9.94. The highest BCUT2D eigenvalue weighted by atomic mass is 35.5. The third kappa shape index (κ3) is 1.75. The van der Waals surface area contributed by atoms with Crippen LogP contribution >= 0.6 is 11.6 Å². The van der Waals surface area contributed by atoms with Crippen LogP contribution in [-0.2, 0) is 6.18 Å². The van der Waals surface area contributed by atoms with Crippen molar-refractivity contribution in [2.24, 2.45) is 0 Å². The van der Waals surface area contributed by atoms with E-state index in [1.165, 1.54) is 12.1 Å². The molecule has 0 spiro atoms. The van der Waals surface area contributed by atoms with E-state index in [0.29, 0.717) is 0 Å². The second kappa shape index (κ2) is 3.01. The third-order valence-electron chi connectivity index (χ3n) is 1.33. The summed E-state index contributed by atoms with van der Waals surface area (Å²) in [7, 11) is 5.19. The molecule has 0 saturated heterocycles. The molecule has 1 rings (SSSR count). The number of hydrogen-bond acceptors (Lipinski definition) is 0. The molecule has 0 fully saturated rings. The first-order valence-electron chi connectivity index (χ1n) is 3.04. The average molecular weight is 190 g/mol. The Balaban J connectivity index is 3.26. The van der Waals surface area contributed by atoms with Gasteiger partial charge in [0.05, 0.1) is 5.56 Å². The third-order valence-corrected chi connectivity index (χ3v) is 1.76. The lowest BCUT2D eigenvalue weighted by molar-refractivity contribution is -0.137. The van der Waals surface area contributed by atoms with E-state index in [1.54, 1.807) is 0 Å². The maximum atomic E-state index is 12.1. The van der Waals surface area contributed by atoms with Crippen molar-refractivity contribution in [3.05, 3.63) is 28.8 Å². The smallest absolute Gasteiger partial charge is 0.166 e. The molecule has 0 aliphatic heterocycles. The zero-order valence-corrected chi connectivity index (χ0v) is 6.58. The summed E-state index contributed by atoms with van der Waals surface area (Å²) in [4.78, 5) is 0. The van der Waals surface area contributed by atoms with Gasteiger partial charge in [-0.05, 0) is 6.07 Å². The normalized spacial score (nSPS) is 11.7. The molecule has 1 aromatic rings. The van der Waals surface area contributed by atoms with Crippen molar-refractivity contribution >= 4 is 24.9 Å². The summed E-state index contributed by atoms with van der Waals surface area (Å²) in [5.74, 6) is 0. The number of halogens is 4. The highest BCUT2D eigenvalue weighted by molar-refractivity contribution is 6.45. The Morgan fingerprint density at radius 3 is 2.25 bits per heavy atom. The lowest BCUT2D eigenvalue weighted by Crippen LogP contribution is -2.13. The number of rotatable bonds is 0. The molecular weight excluding hydrogens is 187 g/mol. The summed E-state index contributed by atoms with van der Waals surface area (Å²) < 4.78 is 36.3. The van der Waals surface area contributed by atoms with Crippen molar-refractivity contribution in [2.45, 2.75) is 6.18 Å². The van der Waals surface area contributed by atoms with E-state index in [1.807, 2.05) is 0 Å². The quantitative estimate of drug-likeness (QED) is 0.550. The molecule has 0 heterocycles. The van der Waals surface area contributed by atoms with Gasteiger partial charge in [-0.25, -0.2) is 0 Å². The van der Waals surface area contributed by atoms with Gasteiger partial charge in [0.25, 0.3) is 0 Å². The van der Waals surface area contributed by atoms with E-state index in [-0.39, 0.29) is 5.46 Å². The van der Waals surface area contributed by atoms with E-state index >= 15 is 0 Å². The highest BCUT2D eigenvalue weighted by Gasteiger charge is 2.33. The van der Waals surface area contributed by atoms with Crippen molar-refractivity contribution in [3.8, 4) is 0 Å². The van der Waals surface area contributed by atoms with Crippen molar-refractivity contribution in [1.29, 1.82) is 0 Å². The highest BCUT2D eigenvalue weighted by Crippen LogP contribution is 2.33. The predicted molar refractivity (Wildman–Crippen MR) is 41.8 cm³/mol. The fourth-order valence-electron chi connectivity index (χ4n) is 0.769. The van der Waals surface area contributed by atoms with Crippen LogP contribution < -0.4 is 5.46 Å². The molecule has 0 bridgehead atoms. The minimum atomic E-state index is -4.44. The van der Waals surface area contributed by atoms with Crippen molar-refractivity contribution in [1.82, 2.24) is 0 Å². The van der Waals surface area contributed by atoms with Crippen LogP contribution in [0.2, 0.25) is 5.02 Å². The molecule has 12 heavy (non-hydrogen) atoms. The summed E-state index contributed by atoms with van der Waals surface area (Å²) in [6.07, 6.45) is -4.44. The van der Waals surface area contributed by atoms with Crippen LogP contribution in [0.5, 0.6) is 0 Å². The molecule has 0 unspecified atom stereocenters. The van der Waals surface area contributed by atoms with Crippen LogP contribution in [0.15, 0.2) is 18.2 Å². The van der Waals surface area contributed by atoms with E-state index in [9.17, 15) is 13.2 Å². The molecule has 0 amide bonds. The maximum Gasteiger partial charge on any atom is 0.417 e. The Morgan fingerprint density at radius 1 is 1.25 bits per heavy atom. The maximum absolute atomic E-state index is 12.1. The molecule has 2 radical (unpaired) electrons. The van der Waals surface area contributed by atoms with Gasteiger partial charge in [-0.2, -0.15) is 13.2 Å². The van der Waals surface area contributed by atoms with Gasteiger partial charge < -0.3 is 0 Å². The SMILES string of the molecule is [B]c1cccc(C(F)(F)F)c1Cl. The van der Waals surface area contributed by atoms with E-state index in [4.69, 9.17) is 19.4 Å². The standard InChI is InChI=1S/C7H3BClF3/c8-5-3-1-2-4(6(5)9)7(10,11)12/h1-3H. The fraction of sp³-hybridized carbons (Fsp3) is 0.143. The first kappa shape index (κ1) is 9.45. The minimum Gasteiger partial charge on any atom is -0.166 e. The number of alkyl halides is 3. The van der Waals surface area contributed by atoms with Crippen LogP contribution in [0.4, 0.5) is 13.2 Å². The molecule has 0 N–H and O–H groups in total. The van der Waals surface area contributed by atoms with E-state index in [2.05, 4.69) is 0 Å². The van der Waals surface area contributed by atoms with Crippen LogP contribution in [-0.4, -0.2) is 7.85 Å². The van der Waals surface area contributed by atoms with Crippen LogP contribution in [0, 0.1) is 0 Å². The molecule has 0 nitrogen and oxygen atoms in total. The van der Waals surface area contributed by atoms with Gasteiger partial charge in [-0.1, -0.05) is 29.2 Å². The van der Waals surface area contributed by atoms with E-state index in [0.717, 1.165) is 6.07 Å². The van der Waals surface area contributed by atoms with Crippen LogP contribution in [0.25, 0.3) is 0 Å². The largest absolute Gasteiger partial charge is 0.417 e. The Kier molecular flexibility index (Phi) is 2.37. The van der Waals surface area contributed by atoms with Crippen LogP contribution in [0.1, 0.15) is 5.56 Å². The topological polar surface area (TPSA) is 0 Å². The molecular formula is C7H3BClF3. The minimum absolute atomic E-state index is 0.0634. The van der Waals surface area contributed by atoms with Gasteiger partial charge in [0.1, 0.15) is 7.85 Å². The van der Waals surface area contributed by atoms with E-state index < -0.39 is 16.8 Å². The molecule has 0 aromatic heterocycles. The summed E-state index contributed by atoms with van der Waals surface area (Å²) in [6.45, 7) is 0.